The second-order valence-corrected chi connectivity index (χ2v) is 6.41. The van der Waals surface area contributed by atoms with Crippen LogP contribution < -0.4 is 10.0 Å². The van der Waals surface area contributed by atoms with Crippen molar-refractivity contribution in [3.63, 3.8) is 0 Å². The van der Waals surface area contributed by atoms with Gasteiger partial charge in [-0.3, -0.25) is 10.1 Å². The predicted molar refractivity (Wildman–Crippen MR) is 75.2 cm³/mol. The molecule has 0 heterocycles. The van der Waals surface area contributed by atoms with Crippen LogP contribution in [0, 0.1) is 10.1 Å². The lowest BCUT2D eigenvalue weighted by atomic mass is 10.2. The van der Waals surface area contributed by atoms with Gasteiger partial charge in [-0.1, -0.05) is 13.0 Å². The van der Waals surface area contributed by atoms with Gasteiger partial charge in [0, 0.05) is 12.6 Å². The largest absolute Gasteiger partial charge is 0.379 e. The number of rotatable bonds is 7. The summed E-state index contributed by atoms with van der Waals surface area (Å²) >= 11 is 0. The first kappa shape index (κ1) is 14.7. The van der Waals surface area contributed by atoms with Crippen LogP contribution in [0.15, 0.2) is 23.1 Å². The van der Waals surface area contributed by atoms with Gasteiger partial charge in [0.15, 0.2) is 4.90 Å². The number of nitrogens with one attached hydrogen (secondary N) is 2. The van der Waals surface area contributed by atoms with Gasteiger partial charge < -0.3 is 5.32 Å². The molecule has 8 heteroatoms. The molecule has 0 aliphatic heterocycles. The highest BCUT2D eigenvalue weighted by molar-refractivity contribution is 7.89. The fourth-order valence-electron chi connectivity index (χ4n) is 1.81. The first-order valence-corrected chi connectivity index (χ1v) is 7.97. The zero-order chi connectivity index (χ0) is 14.8. The number of hydrogen-bond acceptors (Lipinski definition) is 5. The van der Waals surface area contributed by atoms with Gasteiger partial charge in [-0.05, 0) is 31.4 Å². The molecule has 0 unspecified atom stereocenters. The van der Waals surface area contributed by atoms with E-state index in [2.05, 4.69) is 10.0 Å². The van der Waals surface area contributed by atoms with E-state index >= 15 is 0 Å². The predicted octanol–water partition coefficient (Wildman–Crippen LogP) is 1.86. The number of sulfonamides is 1. The third-order valence-electron chi connectivity index (χ3n) is 2.94. The molecule has 7 nitrogen and oxygen atoms in total. The number of para-hydroxylation sites is 1. The third kappa shape index (κ3) is 3.26. The summed E-state index contributed by atoms with van der Waals surface area (Å²) in [6.45, 7) is 2.47. The Morgan fingerprint density at radius 1 is 1.40 bits per heavy atom. The van der Waals surface area contributed by atoms with E-state index in [1.807, 2.05) is 6.92 Å². The monoisotopic (exact) mass is 299 g/mol. The standard InChI is InChI=1S/C12H17N3O4S/c1-2-8-13-10-4-3-5-11(12(10)15(16)17)20(18,19)14-9-6-7-9/h3-5,9,13-14H,2,6-8H2,1H3. The normalized spacial score (nSPS) is 15.1. The van der Waals surface area contributed by atoms with Crippen molar-refractivity contribution in [1.29, 1.82) is 0 Å². The smallest absolute Gasteiger partial charge is 0.312 e. The van der Waals surface area contributed by atoms with E-state index in [1.165, 1.54) is 18.2 Å². The zero-order valence-corrected chi connectivity index (χ0v) is 11.9. The van der Waals surface area contributed by atoms with Crippen LogP contribution in [0.2, 0.25) is 0 Å². The molecule has 1 aromatic rings. The van der Waals surface area contributed by atoms with E-state index in [4.69, 9.17) is 0 Å². The van der Waals surface area contributed by atoms with Crippen LogP contribution in [-0.2, 0) is 10.0 Å². The van der Waals surface area contributed by atoms with Gasteiger partial charge in [0.2, 0.25) is 10.0 Å². The van der Waals surface area contributed by atoms with Crippen molar-refractivity contribution < 1.29 is 13.3 Å². The quantitative estimate of drug-likeness (QED) is 0.591. The molecule has 20 heavy (non-hydrogen) atoms. The number of nitro benzene ring substituents is 1. The Balaban J connectivity index is 2.43. The molecule has 0 atom stereocenters. The number of nitro groups is 1. The van der Waals surface area contributed by atoms with E-state index in [0.29, 0.717) is 6.54 Å². The van der Waals surface area contributed by atoms with Crippen molar-refractivity contribution >= 4 is 21.4 Å². The Morgan fingerprint density at radius 3 is 2.65 bits per heavy atom. The van der Waals surface area contributed by atoms with Crippen LogP contribution in [-0.4, -0.2) is 25.9 Å². The van der Waals surface area contributed by atoms with Crippen LogP contribution in [0.5, 0.6) is 0 Å². The molecule has 1 aromatic carbocycles. The Labute approximate surface area is 117 Å². The maximum Gasteiger partial charge on any atom is 0.312 e. The highest BCUT2D eigenvalue weighted by Crippen LogP contribution is 2.33. The second kappa shape index (κ2) is 5.76. The maximum absolute atomic E-state index is 12.2. The van der Waals surface area contributed by atoms with Gasteiger partial charge in [-0.25, -0.2) is 13.1 Å². The molecule has 2 rings (SSSR count). The highest BCUT2D eigenvalue weighted by atomic mass is 32.2. The summed E-state index contributed by atoms with van der Waals surface area (Å²) in [6.07, 6.45) is 2.34. The summed E-state index contributed by atoms with van der Waals surface area (Å²) in [4.78, 5) is 10.3. The summed E-state index contributed by atoms with van der Waals surface area (Å²) < 4.78 is 26.8. The van der Waals surface area contributed by atoms with Crippen LogP contribution >= 0.6 is 0 Å². The van der Waals surface area contributed by atoms with Crippen LogP contribution in [0.25, 0.3) is 0 Å². The molecule has 1 saturated carbocycles. The molecule has 0 aromatic heterocycles. The molecule has 1 fully saturated rings. The van der Waals surface area contributed by atoms with Gasteiger partial charge in [-0.2, -0.15) is 0 Å². The maximum atomic E-state index is 12.2. The molecular formula is C12H17N3O4S. The Bertz CT molecular complexity index is 611. The number of anilines is 1. The number of hydrogen-bond donors (Lipinski definition) is 2. The van der Waals surface area contributed by atoms with Gasteiger partial charge in [-0.15, -0.1) is 0 Å². The van der Waals surface area contributed by atoms with Crippen molar-refractivity contribution in [2.24, 2.45) is 0 Å². The fourth-order valence-corrected chi connectivity index (χ4v) is 3.31. The zero-order valence-electron chi connectivity index (χ0n) is 11.1. The van der Waals surface area contributed by atoms with Crippen molar-refractivity contribution in [2.75, 3.05) is 11.9 Å². The van der Waals surface area contributed by atoms with Crippen LogP contribution in [0.4, 0.5) is 11.4 Å². The van der Waals surface area contributed by atoms with E-state index in [0.717, 1.165) is 19.3 Å². The molecule has 1 aliphatic carbocycles. The van der Waals surface area contributed by atoms with Gasteiger partial charge in [0.1, 0.15) is 5.69 Å². The fraction of sp³-hybridized carbons (Fsp3) is 0.500. The van der Waals surface area contributed by atoms with E-state index < -0.39 is 20.6 Å². The summed E-state index contributed by atoms with van der Waals surface area (Å²) in [7, 11) is -3.85. The molecular weight excluding hydrogens is 282 g/mol. The first-order valence-electron chi connectivity index (χ1n) is 6.49. The lowest BCUT2D eigenvalue weighted by Crippen LogP contribution is -2.26. The van der Waals surface area contributed by atoms with E-state index in [1.54, 1.807) is 0 Å². The SMILES string of the molecule is CCCNc1cccc(S(=O)(=O)NC2CC2)c1[N+](=O)[O-]. The first-order chi connectivity index (χ1) is 9.45. The van der Waals surface area contributed by atoms with Crippen LogP contribution in [0.3, 0.4) is 0 Å². The van der Waals surface area contributed by atoms with Crippen molar-refractivity contribution in [3.05, 3.63) is 28.3 Å². The average molecular weight is 299 g/mol. The Hall–Kier alpha value is -1.67. The molecule has 0 bridgehead atoms. The molecule has 2 N–H and O–H groups in total. The lowest BCUT2D eigenvalue weighted by Gasteiger charge is -2.10. The van der Waals surface area contributed by atoms with Crippen molar-refractivity contribution in [2.45, 2.75) is 37.1 Å². The molecule has 0 saturated heterocycles. The molecule has 1 aliphatic rings. The summed E-state index contributed by atoms with van der Waals surface area (Å²) in [6, 6.07) is 4.20. The van der Waals surface area contributed by atoms with E-state index in [-0.39, 0.29) is 16.6 Å². The minimum absolute atomic E-state index is 0.0909. The van der Waals surface area contributed by atoms with Gasteiger partial charge >= 0.3 is 5.69 Å². The summed E-state index contributed by atoms with van der Waals surface area (Å²) in [5.74, 6) is 0. The molecule has 110 valence electrons. The molecule has 0 amide bonds. The van der Waals surface area contributed by atoms with Crippen molar-refractivity contribution in [1.82, 2.24) is 4.72 Å². The highest BCUT2D eigenvalue weighted by Gasteiger charge is 2.33. The second-order valence-electron chi connectivity index (χ2n) is 4.73. The topological polar surface area (TPSA) is 101 Å². The lowest BCUT2D eigenvalue weighted by molar-refractivity contribution is -0.386. The van der Waals surface area contributed by atoms with E-state index in [9.17, 15) is 18.5 Å². The van der Waals surface area contributed by atoms with Gasteiger partial charge in [0.05, 0.1) is 4.92 Å². The minimum atomic E-state index is -3.85. The summed E-state index contributed by atoms with van der Waals surface area (Å²) in [5, 5.41) is 14.1. The third-order valence-corrected chi connectivity index (χ3v) is 4.49. The minimum Gasteiger partial charge on any atom is -0.379 e. The Kier molecular flexibility index (Phi) is 4.24. The Morgan fingerprint density at radius 2 is 2.10 bits per heavy atom. The molecule has 0 radical (unpaired) electrons. The van der Waals surface area contributed by atoms with Crippen molar-refractivity contribution in [3.8, 4) is 0 Å². The average Bonchev–Trinajstić information content (AvgIpc) is 3.18. The molecule has 0 spiro atoms. The summed E-state index contributed by atoms with van der Waals surface area (Å²) in [5.41, 5.74) is -0.162. The number of benzene rings is 1. The van der Waals surface area contributed by atoms with Gasteiger partial charge in [0.25, 0.3) is 0 Å². The van der Waals surface area contributed by atoms with Crippen LogP contribution in [0.1, 0.15) is 26.2 Å². The number of nitrogens with zero attached hydrogens (tertiary/aromatic N) is 1.